The van der Waals surface area contributed by atoms with E-state index in [9.17, 15) is 9.90 Å². The van der Waals surface area contributed by atoms with Gasteiger partial charge in [0.05, 0.1) is 0 Å². The summed E-state index contributed by atoms with van der Waals surface area (Å²) in [4.78, 5) is 14.3. The van der Waals surface area contributed by atoms with E-state index in [1.807, 2.05) is 6.07 Å². The van der Waals surface area contributed by atoms with Crippen LogP contribution in [0.15, 0.2) is 27.4 Å². The van der Waals surface area contributed by atoms with Gasteiger partial charge in [-0.25, -0.2) is 4.79 Å². The van der Waals surface area contributed by atoms with Crippen molar-refractivity contribution in [1.82, 2.24) is 4.90 Å². The van der Waals surface area contributed by atoms with Gasteiger partial charge >= 0.3 is 5.63 Å². The maximum Gasteiger partial charge on any atom is 0.336 e. The Morgan fingerprint density at radius 2 is 2.12 bits per heavy atom. The maximum absolute atomic E-state index is 12.0. The largest absolute Gasteiger partial charge is 0.423 e. The molecule has 0 saturated carbocycles. The van der Waals surface area contributed by atoms with Gasteiger partial charge in [0.1, 0.15) is 5.58 Å². The van der Waals surface area contributed by atoms with Gasteiger partial charge in [-0.05, 0) is 67.0 Å². The van der Waals surface area contributed by atoms with Crippen LogP contribution in [0.5, 0.6) is 0 Å². The highest BCUT2D eigenvalue weighted by atomic mass is 16.4. The number of aliphatic hydroxyl groups excluding tert-OH is 1. The predicted octanol–water partition coefficient (Wildman–Crippen LogP) is 3.43. The van der Waals surface area contributed by atoms with E-state index in [-0.39, 0.29) is 12.2 Å². The van der Waals surface area contributed by atoms with Crippen LogP contribution in [0.1, 0.15) is 49.3 Å². The van der Waals surface area contributed by atoms with Gasteiger partial charge in [0.25, 0.3) is 0 Å². The van der Waals surface area contributed by atoms with E-state index >= 15 is 0 Å². The number of hydrogen-bond acceptors (Lipinski definition) is 4. The van der Waals surface area contributed by atoms with Crippen molar-refractivity contribution >= 4 is 11.0 Å². The molecule has 1 saturated heterocycles. The van der Waals surface area contributed by atoms with E-state index in [0.29, 0.717) is 17.4 Å². The minimum Gasteiger partial charge on any atom is -0.423 e. The number of likely N-dealkylation sites (tertiary alicyclic amines) is 1. The highest BCUT2D eigenvalue weighted by Crippen LogP contribution is 2.28. The summed E-state index contributed by atoms with van der Waals surface area (Å²) in [5.41, 5.74) is 3.88. The summed E-state index contributed by atoms with van der Waals surface area (Å²) >= 11 is 0. The third-order valence-corrected chi connectivity index (χ3v) is 5.09. The number of hydrogen-bond donors (Lipinski definition) is 1. The SMILES string of the molecule is Cc1cc2oc(=O)cc(CN3CCCC(CO)C3)c2cc1C(C)C. The van der Waals surface area contributed by atoms with E-state index < -0.39 is 0 Å². The monoisotopic (exact) mass is 329 g/mol. The summed E-state index contributed by atoms with van der Waals surface area (Å²) in [6.07, 6.45) is 2.18. The van der Waals surface area contributed by atoms with Crippen LogP contribution in [0.3, 0.4) is 0 Å². The van der Waals surface area contributed by atoms with Gasteiger partial charge < -0.3 is 9.52 Å². The molecule has 1 N–H and O–H groups in total. The van der Waals surface area contributed by atoms with Crippen LogP contribution in [0.4, 0.5) is 0 Å². The Bertz CT molecular complexity index is 778. The second-order valence-corrected chi connectivity index (χ2v) is 7.38. The molecule has 0 radical (unpaired) electrons. The molecule has 1 atom stereocenters. The molecule has 4 nitrogen and oxygen atoms in total. The smallest absolute Gasteiger partial charge is 0.336 e. The minimum absolute atomic E-state index is 0.241. The lowest BCUT2D eigenvalue weighted by Crippen LogP contribution is -2.36. The Morgan fingerprint density at radius 1 is 1.33 bits per heavy atom. The topological polar surface area (TPSA) is 53.7 Å². The number of aryl methyl sites for hydroxylation is 1. The van der Waals surface area contributed by atoms with Crippen molar-refractivity contribution in [3.8, 4) is 0 Å². The van der Waals surface area contributed by atoms with Crippen LogP contribution < -0.4 is 5.63 Å². The molecular formula is C20H27NO3. The molecule has 0 amide bonds. The maximum atomic E-state index is 12.0. The molecule has 0 aliphatic carbocycles. The van der Waals surface area contributed by atoms with Crippen LogP contribution in [0.25, 0.3) is 11.0 Å². The Labute approximate surface area is 143 Å². The predicted molar refractivity (Wildman–Crippen MR) is 96.4 cm³/mol. The summed E-state index contributed by atoms with van der Waals surface area (Å²) in [6.45, 7) is 9.32. The molecule has 1 unspecified atom stereocenters. The molecular weight excluding hydrogens is 302 g/mol. The Balaban J connectivity index is 2.00. The second-order valence-electron chi connectivity index (χ2n) is 7.38. The lowest BCUT2D eigenvalue weighted by molar-refractivity contribution is 0.116. The number of fused-ring (bicyclic) bond motifs is 1. The van der Waals surface area contributed by atoms with Crippen molar-refractivity contribution in [2.24, 2.45) is 5.92 Å². The molecule has 0 spiro atoms. The number of benzene rings is 1. The first-order valence-electron chi connectivity index (χ1n) is 8.88. The molecule has 24 heavy (non-hydrogen) atoms. The average molecular weight is 329 g/mol. The van der Waals surface area contributed by atoms with Gasteiger partial charge in [0.15, 0.2) is 0 Å². The van der Waals surface area contributed by atoms with Crippen molar-refractivity contribution in [2.75, 3.05) is 19.7 Å². The number of piperidine rings is 1. The Morgan fingerprint density at radius 3 is 2.83 bits per heavy atom. The Hall–Kier alpha value is -1.65. The molecule has 4 heteroatoms. The average Bonchev–Trinajstić information content (AvgIpc) is 2.54. The summed E-state index contributed by atoms with van der Waals surface area (Å²) < 4.78 is 5.44. The highest BCUT2D eigenvalue weighted by molar-refractivity contribution is 5.82. The van der Waals surface area contributed by atoms with Crippen molar-refractivity contribution in [1.29, 1.82) is 0 Å². The zero-order valence-corrected chi connectivity index (χ0v) is 14.8. The van der Waals surface area contributed by atoms with Crippen molar-refractivity contribution in [3.05, 3.63) is 45.3 Å². The van der Waals surface area contributed by atoms with Crippen molar-refractivity contribution in [3.63, 3.8) is 0 Å². The van der Waals surface area contributed by atoms with Crippen LogP contribution >= 0.6 is 0 Å². The van der Waals surface area contributed by atoms with Gasteiger partial charge in [0.2, 0.25) is 0 Å². The fourth-order valence-corrected chi connectivity index (χ4v) is 3.83. The first-order valence-corrected chi connectivity index (χ1v) is 8.88. The number of aliphatic hydroxyl groups is 1. The molecule has 1 aromatic carbocycles. The summed E-state index contributed by atoms with van der Waals surface area (Å²) in [5, 5.41) is 10.5. The quantitative estimate of drug-likeness (QED) is 0.873. The number of rotatable bonds is 4. The summed E-state index contributed by atoms with van der Waals surface area (Å²) in [7, 11) is 0. The van der Waals surface area contributed by atoms with Gasteiger partial charge in [-0.15, -0.1) is 0 Å². The van der Waals surface area contributed by atoms with E-state index in [4.69, 9.17) is 4.42 Å². The second kappa shape index (κ2) is 7.08. The van der Waals surface area contributed by atoms with Crippen molar-refractivity contribution < 1.29 is 9.52 Å². The minimum atomic E-state index is -0.287. The van der Waals surface area contributed by atoms with Crippen molar-refractivity contribution in [2.45, 2.75) is 46.1 Å². The van der Waals surface area contributed by atoms with Crippen LogP contribution in [0.2, 0.25) is 0 Å². The fourth-order valence-electron chi connectivity index (χ4n) is 3.83. The summed E-state index contributed by atoms with van der Waals surface area (Å²) in [5.74, 6) is 0.779. The number of nitrogens with zero attached hydrogens (tertiary/aromatic N) is 1. The van der Waals surface area contributed by atoms with Gasteiger partial charge in [-0.2, -0.15) is 0 Å². The first-order chi connectivity index (χ1) is 11.5. The third kappa shape index (κ3) is 3.55. The van der Waals surface area contributed by atoms with E-state index in [0.717, 1.165) is 49.0 Å². The molecule has 1 aliphatic heterocycles. The molecule has 3 rings (SSSR count). The summed E-state index contributed by atoms with van der Waals surface area (Å²) in [6, 6.07) is 5.80. The van der Waals surface area contributed by atoms with Gasteiger partial charge in [-0.1, -0.05) is 13.8 Å². The molecule has 2 heterocycles. The molecule has 1 fully saturated rings. The van der Waals surface area contributed by atoms with E-state index in [1.54, 1.807) is 6.07 Å². The molecule has 130 valence electrons. The normalized spacial score (nSPS) is 19.3. The van der Waals surface area contributed by atoms with Gasteiger partial charge in [0, 0.05) is 31.1 Å². The molecule has 1 aromatic heterocycles. The van der Waals surface area contributed by atoms with Crippen LogP contribution in [-0.4, -0.2) is 29.7 Å². The molecule has 0 bridgehead atoms. The van der Waals surface area contributed by atoms with Crippen LogP contribution in [-0.2, 0) is 6.54 Å². The van der Waals surface area contributed by atoms with Crippen LogP contribution in [0, 0.1) is 12.8 Å². The third-order valence-electron chi connectivity index (χ3n) is 5.09. The molecule has 1 aliphatic rings. The Kier molecular flexibility index (Phi) is 5.07. The highest BCUT2D eigenvalue weighted by Gasteiger charge is 2.20. The van der Waals surface area contributed by atoms with Gasteiger partial charge in [-0.3, -0.25) is 4.90 Å². The lowest BCUT2D eigenvalue weighted by Gasteiger charge is -2.32. The lowest BCUT2D eigenvalue weighted by atomic mass is 9.94. The first kappa shape index (κ1) is 17.2. The zero-order valence-electron chi connectivity index (χ0n) is 14.8. The molecule has 2 aromatic rings. The van der Waals surface area contributed by atoms with E-state index in [2.05, 4.69) is 31.7 Å². The fraction of sp³-hybridized carbons (Fsp3) is 0.550. The zero-order chi connectivity index (χ0) is 17.3. The standard InChI is InChI=1S/C20H27NO3/c1-13(2)17-9-18-16(8-20(23)24-19(18)7-14(17)3)11-21-6-4-5-15(10-21)12-22/h7-9,13,15,22H,4-6,10-12H2,1-3H3. The van der Waals surface area contributed by atoms with E-state index in [1.165, 1.54) is 5.56 Å².